The number of amides is 1. The average Bonchev–Trinajstić information content (AvgIpc) is 3.67. The monoisotopic (exact) mass is 633 g/mol. The molecule has 0 saturated carbocycles. The highest BCUT2D eigenvalue weighted by atomic mass is 35.5. The van der Waals surface area contributed by atoms with E-state index in [9.17, 15) is 19.5 Å². The number of ether oxygens (including phenoxy) is 1. The zero-order chi connectivity index (χ0) is 31.1. The summed E-state index contributed by atoms with van der Waals surface area (Å²) in [6.45, 7) is 1.23. The number of fused-ring (bicyclic) bond motifs is 1. The zero-order valence-electron chi connectivity index (χ0n) is 24.0. The number of hydrogen-bond donors (Lipinski definition) is 2. The number of carboxylic acid groups (broad SMARTS) is 1. The number of aliphatic carboxylic acids is 1. The van der Waals surface area contributed by atoms with E-state index in [0.717, 1.165) is 35.2 Å². The van der Waals surface area contributed by atoms with Crippen molar-refractivity contribution in [3.8, 4) is 28.3 Å². The maximum atomic E-state index is 12.9. The molecule has 1 aliphatic heterocycles. The van der Waals surface area contributed by atoms with E-state index in [-0.39, 0.29) is 22.5 Å². The number of anilines is 1. The first kappa shape index (κ1) is 29.8. The molecule has 10 nitrogen and oxygen atoms in total. The fourth-order valence-corrected chi connectivity index (χ4v) is 6.75. The third-order valence-corrected chi connectivity index (χ3v) is 9.21. The van der Waals surface area contributed by atoms with E-state index in [2.05, 4.69) is 15.3 Å². The number of nitrogens with one attached hydrogen (secondary N) is 1. The van der Waals surface area contributed by atoms with Crippen molar-refractivity contribution in [2.45, 2.75) is 25.3 Å². The molecule has 0 radical (unpaired) electrons. The minimum absolute atomic E-state index is 0.0526. The number of hydrogen-bond acceptors (Lipinski definition) is 7. The van der Waals surface area contributed by atoms with Crippen LogP contribution in [0.5, 0.6) is 5.88 Å². The van der Waals surface area contributed by atoms with Crippen molar-refractivity contribution in [3.05, 3.63) is 91.8 Å². The second-order valence-corrected chi connectivity index (χ2v) is 11.7. The lowest BCUT2D eigenvalue weighted by molar-refractivity contribution is -0.141. The Bertz CT molecular complexity index is 1860. The summed E-state index contributed by atoms with van der Waals surface area (Å²) < 4.78 is 6.86. The van der Waals surface area contributed by atoms with E-state index in [1.54, 1.807) is 25.3 Å². The molecule has 6 rings (SSSR count). The Balaban J connectivity index is 1.32. The van der Waals surface area contributed by atoms with Gasteiger partial charge in [-0.2, -0.15) is 5.10 Å². The summed E-state index contributed by atoms with van der Waals surface area (Å²) in [5.41, 5.74) is 4.40. The number of likely N-dealkylation sites (tertiary alicyclic amines) is 1. The number of carbonyl (C=O) groups is 2. The van der Waals surface area contributed by atoms with Gasteiger partial charge >= 0.3 is 5.97 Å². The number of carbonyl (C=O) groups excluding carboxylic acids is 1. The molecule has 1 fully saturated rings. The number of rotatable bonds is 7. The molecule has 1 amide bonds. The first-order valence-electron chi connectivity index (χ1n) is 14.1. The van der Waals surface area contributed by atoms with Gasteiger partial charge in [-0.1, -0.05) is 53.5 Å². The summed E-state index contributed by atoms with van der Waals surface area (Å²) in [6.07, 6.45) is 3.68. The molecule has 3 heterocycles. The second-order valence-electron chi connectivity index (χ2n) is 10.9. The lowest BCUT2D eigenvalue weighted by Gasteiger charge is -2.25. The number of aromatic nitrogens is 3. The van der Waals surface area contributed by atoms with E-state index < -0.39 is 17.4 Å². The first-order chi connectivity index (χ1) is 21.2. The van der Waals surface area contributed by atoms with Crippen LogP contribution in [0, 0.1) is 5.92 Å². The van der Waals surface area contributed by atoms with Crippen LogP contribution in [0.1, 0.15) is 40.4 Å². The summed E-state index contributed by atoms with van der Waals surface area (Å²) in [6, 6.07) is 14.2. The molecule has 4 aromatic rings. The molecular formula is C32H29Cl2N5O5. The maximum Gasteiger partial charge on any atom is 0.307 e. The average molecular weight is 635 g/mol. The molecule has 1 saturated heterocycles. The third kappa shape index (κ3) is 5.34. The Morgan fingerprint density at radius 2 is 1.77 bits per heavy atom. The number of aryl methyl sites for hydroxylation is 2. The van der Waals surface area contributed by atoms with Crippen LogP contribution in [0.4, 0.5) is 5.69 Å². The molecule has 2 aliphatic rings. The Hall–Kier alpha value is -4.25. The number of methoxy groups -OCH3 is 1. The molecular weight excluding hydrogens is 605 g/mol. The molecule has 2 atom stereocenters. The molecule has 2 aromatic carbocycles. The van der Waals surface area contributed by atoms with Crippen molar-refractivity contribution in [3.63, 3.8) is 0 Å². The molecule has 226 valence electrons. The predicted octanol–water partition coefficient (Wildman–Crippen LogP) is 5.47. The predicted molar refractivity (Wildman–Crippen MR) is 167 cm³/mol. The van der Waals surface area contributed by atoms with Crippen LogP contribution in [-0.2, 0) is 18.3 Å². The fraction of sp³-hybridized carbons (Fsp3) is 0.281. The number of carboxylic acids is 1. The van der Waals surface area contributed by atoms with Gasteiger partial charge in [0.25, 0.3) is 11.5 Å². The molecule has 44 heavy (non-hydrogen) atoms. The molecule has 12 heteroatoms. The van der Waals surface area contributed by atoms with Crippen LogP contribution < -0.4 is 15.6 Å². The maximum absolute atomic E-state index is 12.9. The van der Waals surface area contributed by atoms with Gasteiger partial charge in [0.15, 0.2) is 0 Å². The van der Waals surface area contributed by atoms with E-state index in [0.29, 0.717) is 51.9 Å². The van der Waals surface area contributed by atoms with E-state index in [4.69, 9.17) is 32.9 Å². The first-order valence-corrected chi connectivity index (χ1v) is 14.9. The summed E-state index contributed by atoms with van der Waals surface area (Å²) in [7, 11) is 3.06. The summed E-state index contributed by atoms with van der Waals surface area (Å²) in [5.74, 6) is -1.22. The summed E-state index contributed by atoms with van der Waals surface area (Å²) in [4.78, 5) is 43.9. The molecule has 2 N–H and O–H groups in total. The van der Waals surface area contributed by atoms with Crippen LogP contribution in [0.25, 0.3) is 22.4 Å². The fourth-order valence-electron chi connectivity index (χ4n) is 6.16. The topological polar surface area (TPSA) is 127 Å². The van der Waals surface area contributed by atoms with Crippen LogP contribution in [-0.4, -0.2) is 56.8 Å². The highest BCUT2D eigenvalue weighted by Crippen LogP contribution is 2.46. The van der Waals surface area contributed by atoms with Gasteiger partial charge in [-0.05, 0) is 49.6 Å². The number of benzene rings is 2. The highest BCUT2D eigenvalue weighted by molar-refractivity contribution is 6.39. The number of pyridine rings is 1. The van der Waals surface area contributed by atoms with E-state index in [1.807, 2.05) is 24.3 Å². The van der Waals surface area contributed by atoms with Gasteiger partial charge < -0.3 is 15.2 Å². The summed E-state index contributed by atoms with van der Waals surface area (Å²) in [5, 5.41) is 16.8. The number of nitrogens with zero attached hydrogens (tertiary/aromatic N) is 4. The minimum atomic E-state index is -0.756. The second kappa shape index (κ2) is 12.0. The van der Waals surface area contributed by atoms with Crippen molar-refractivity contribution in [2.24, 2.45) is 13.0 Å². The quantitative estimate of drug-likeness (QED) is 0.274. The van der Waals surface area contributed by atoms with Crippen molar-refractivity contribution in [1.82, 2.24) is 19.7 Å². The van der Waals surface area contributed by atoms with E-state index in [1.165, 1.54) is 19.3 Å². The molecule has 0 bridgehead atoms. The van der Waals surface area contributed by atoms with Crippen molar-refractivity contribution in [1.29, 1.82) is 0 Å². The van der Waals surface area contributed by atoms with Crippen molar-refractivity contribution < 1.29 is 19.4 Å². The lowest BCUT2D eigenvalue weighted by Crippen LogP contribution is -2.28. The van der Waals surface area contributed by atoms with Gasteiger partial charge in [-0.3, -0.25) is 19.3 Å². The third-order valence-electron chi connectivity index (χ3n) is 8.39. The minimum Gasteiger partial charge on any atom is -0.481 e. The standard InChI is InChI=1S/C32H29Cl2N5O5/c1-38-31(41)22(11-13-35-38)29(40)36-23-8-4-6-20(28(23)34)19-5-3-7-21(27(19)33)24-15-17-9-10-25(26(17)30(37-24)44-2)39-14-12-18(16-39)32(42)43/h3-8,11,13,15,18,25H,9-10,12,14,16H2,1-2H3,(H,36,40)(H,42,43)/t18-,25-/m0/s1. The summed E-state index contributed by atoms with van der Waals surface area (Å²) >= 11 is 13.8. The molecule has 0 spiro atoms. The van der Waals surface area contributed by atoms with Gasteiger partial charge in [0.2, 0.25) is 5.88 Å². The van der Waals surface area contributed by atoms with Crippen molar-refractivity contribution >= 4 is 40.8 Å². The van der Waals surface area contributed by atoms with Gasteiger partial charge in [-0.25, -0.2) is 9.67 Å². The lowest BCUT2D eigenvalue weighted by atomic mass is 9.99. The van der Waals surface area contributed by atoms with Crippen LogP contribution in [0.3, 0.4) is 0 Å². The zero-order valence-corrected chi connectivity index (χ0v) is 25.5. The molecule has 1 aliphatic carbocycles. The Morgan fingerprint density at radius 1 is 1.05 bits per heavy atom. The van der Waals surface area contributed by atoms with E-state index >= 15 is 0 Å². The van der Waals surface area contributed by atoms with Gasteiger partial charge in [0, 0.05) is 48.1 Å². The largest absolute Gasteiger partial charge is 0.481 e. The van der Waals surface area contributed by atoms with Gasteiger partial charge in [0.1, 0.15) is 5.56 Å². The van der Waals surface area contributed by atoms with Crippen molar-refractivity contribution in [2.75, 3.05) is 25.5 Å². The molecule has 0 unspecified atom stereocenters. The Labute approximate surface area is 263 Å². The van der Waals surface area contributed by atoms with Crippen LogP contribution >= 0.6 is 23.2 Å². The smallest absolute Gasteiger partial charge is 0.307 e. The normalized spacial score (nSPS) is 17.8. The Kier molecular flexibility index (Phi) is 8.15. The molecule has 2 aromatic heterocycles. The van der Waals surface area contributed by atoms with Crippen LogP contribution in [0.15, 0.2) is 59.5 Å². The Morgan fingerprint density at radius 3 is 2.50 bits per heavy atom. The van der Waals surface area contributed by atoms with Gasteiger partial charge in [-0.15, -0.1) is 0 Å². The SMILES string of the molecule is COc1nc(-c2cccc(-c3cccc(NC(=O)c4ccnn(C)c4=O)c3Cl)c2Cl)cc2c1[C@@H](N1CC[C@H](C(=O)O)C1)CC2. The number of halogens is 2. The highest BCUT2D eigenvalue weighted by Gasteiger charge is 2.38. The van der Waals surface area contributed by atoms with Crippen LogP contribution in [0.2, 0.25) is 10.0 Å². The van der Waals surface area contributed by atoms with Gasteiger partial charge in [0.05, 0.1) is 34.5 Å².